The number of alkyl halides is 3. The maximum absolute atomic E-state index is 12.5. The van der Waals surface area contributed by atoms with Crippen molar-refractivity contribution in [1.29, 1.82) is 0 Å². The van der Waals surface area contributed by atoms with E-state index in [0.29, 0.717) is 37.9 Å². The SMILES string of the molecule is CN=C(NCc1ccnc(OC2CCCC2)c1)NC1CCN(CC(F)(F)F)C1.I. The number of aliphatic imine (C=N–C) groups is 1. The molecule has 6 nitrogen and oxygen atoms in total. The van der Waals surface area contributed by atoms with Crippen LogP contribution in [0.1, 0.15) is 37.7 Å². The van der Waals surface area contributed by atoms with E-state index in [2.05, 4.69) is 20.6 Å². The van der Waals surface area contributed by atoms with Crippen LogP contribution in [0.15, 0.2) is 23.3 Å². The van der Waals surface area contributed by atoms with Gasteiger partial charge in [-0.2, -0.15) is 13.2 Å². The maximum atomic E-state index is 12.5. The van der Waals surface area contributed by atoms with Crippen LogP contribution in [0.25, 0.3) is 0 Å². The highest BCUT2D eigenvalue weighted by atomic mass is 127. The molecule has 1 saturated heterocycles. The summed E-state index contributed by atoms with van der Waals surface area (Å²) in [5, 5.41) is 6.42. The fourth-order valence-electron chi connectivity index (χ4n) is 3.72. The van der Waals surface area contributed by atoms with Crippen LogP contribution in [-0.2, 0) is 6.54 Å². The molecule has 1 aromatic heterocycles. The first kappa shape index (κ1) is 24.0. The highest BCUT2D eigenvalue weighted by Crippen LogP contribution is 2.23. The van der Waals surface area contributed by atoms with Crippen LogP contribution in [0.2, 0.25) is 0 Å². The monoisotopic (exact) mass is 527 g/mol. The lowest BCUT2D eigenvalue weighted by Gasteiger charge is -2.20. The third-order valence-corrected chi connectivity index (χ3v) is 5.09. The Hall–Kier alpha value is -1.30. The van der Waals surface area contributed by atoms with Crippen molar-refractivity contribution in [2.45, 2.75) is 57.0 Å². The molecule has 164 valence electrons. The lowest BCUT2D eigenvalue weighted by molar-refractivity contribution is -0.143. The van der Waals surface area contributed by atoms with Gasteiger partial charge < -0.3 is 15.4 Å². The molecular weight excluding hydrogens is 498 g/mol. The van der Waals surface area contributed by atoms with Crippen molar-refractivity contribution in [2.75, 3.05) is 26.7 Å². The molecule has 0 aromatic carbocycles. The minimum Gasteiger partial charge on any atom is -0.474 e. The Labute approximate surface area is 186 Å². The van der Waals surface area contributed by atoms with E-state index in [0.717, 1.165) is 18.4 Å². The normalized spacial score (nSPS) is 21.1. The van der Waals surface area contributed by atoms with Crippen LogP contribution >= 0.6 is 24.0 Å². The van der Waals surface area contributed by atoms with Gasteiger partial charge in [-0.05, 0) is 43.7 Å². The second kappa shape index (κ2) is 11.2. The van der Waals surface area contributed by atoms with E-state index in [1.807, 2.05) is 12.1 Å². The zero-order valence-corrected chi connectivity index (χ0v) is 18.9. The average Bonchev–Trinajstić information content (AvgIpc) is 3.29. The number of aromatic nitrogens is 1. The van der Waals surface area contributed by atoms with Crippen molar-refractivity contribution in [1.82, 2.24) is 20.5 Å². The van der Waals surface area contributed by atoms with Crippen LogP contribution in [-0.4, -0.2) is 60.8 Å². The summed E-state index contributed by atoms with van der Waals surface area (Å²) in [4.78, 5) is 9.87. The van der Waals surface area contributed by atoms with E-state index in [1.165, 1.54) is 17.7 Å². The molecule has 1 aliphatic carbocycles. The van der Waals surface area contributed by atoms with Gasteiger partial charge in [0.15, 0.2) is 5.96 Å². The summed E-state index contributed by atoms with van der Waals surface area (Å²) in [7, 11) is 1.65. The molecule has 29 heavy (non-hydrogen) atoms. The number of nitrogens with zero attached hydrogens (tertiary/aromatic N) is 3. The third kappa shape index (κ3) is 8.15. The Kier molecular flexibility index (Phi) is 9.25. The van der Waals surface area contributed by atoms with Gasteiger partial charge in [0.05, 0.1) is 6.54 Å². The standard InChI is InChI=1S/C19H28F3N5O.HI/c1-23-18(26-15-7-9-27(12-15)13-19(20,21)22)25-11-14-6-8-24-17(10-14)28-16-4-2-3-5-16;/h6,8,10,15-16H,2-5,7,9,11-13H2,1H3,(H2,23,25,26);1H. The van der Waals surface area contributed by atoms with Crippen LogP contribution in [0, 0.1) is 0 Å². The number of halogens is 4. The minimum absolute atomic E-state index is 0. The summed E-state index contributed by atoms with van der Waals surface area (Å²) in [5.74, 6) is 1.21. The summed E-state index contributed by atoms with van der Waals surface area (Å²) in [6.45, 7) is 0.454. The fraction of sp³-hybridized carbons (Fsp3) is 0.684. The molecule has 0 radical (unpaired) electrons. The van der Waals surface area contributed by atoms with Crippen molar-refractivity contribution in [3.05, 3.63) is 23.9 Å². The average molecular weight is 527 g/mol. The summed E-state index contributed by atoms with van der Waals surface area (Å²) >= 11 is 0. The molecule has 1 aliphatic heterocycles. The molecule has 0 amide bonds. The molecule has 1 saturated carbocycles. The molecule has 1 aromatic rings. The van der Waals surface area contributed by atoms with Crippen molar-refractivity contribution >= 4 is 29.9 Å². The molecule has 10 heteroatoms. The smallest absolute Gasteiger partial charge is 0.401 e. The maximum Gasteiger partial charge on any atom is 0.401 e. The minimum atomic E-state index is -4.16. The summed E-state index contributed by atoms with van der Waals surface area (Å²) in [6, 6.07) is 3.77. The quantitative estimate of drug-likeness (QED) is 0.338. The Morgan fingerprint density at radius 3 is 2.76 bits per heavy atom. The first-order valence-corrected chi connectivity index (χ1v) is 9.79. The Morgan fingerprint density at radius 2 is 2.07 bits per heavy atom. The number of guanidine groups is 1. The van der Waals surface area contributed by atoms with Crippen molar-refractivity contribution in [2.24, 2.45) is 4.99 Å². The molecule has 2 aliphatic rings. The van der Waals surface area contributed by atoms with E-state index < -0.39 is 12.7 Å². The largest absolute Gasteiger partial charge is 0.474 e. The van der Waals surface area contributed by atoms with Gasteiger partial charge in [0, 0.05) is 45.0 Å². The molecule has 1 atom stereocenters. The summed E-state index contributed by atoms with van der Waals surface area (Å²) < 4.78 is 43.5. The van der Waals surface area contributed by atoms with Crippen LogP contribution in [0.3, 0.4) is 0 Å². The van der Waals surface area contributed by atoms with Crippen LogP contribution in [0.5, 0.6) is 5.88 Å². The topological polar surface area (TPSA) is 61.8 Å². The van der Waals surface area contributed by atoms with E-state index in [-0.39, 0.29) is 36.1 Å². The number of hydrogen-bond donors (Lipinski definition) is 2. The lowest BCUT2D eigenvalue weighted by atomic mass is 10.2. The Morgan fingerprint density at radius 1 is 1.31 bits per heavy atom. The molecule has 1 unspecified atom stereocenters. The fourth-order valence-corrected chi connectivity index (χ4v) is 3.72. The number of nitrogens with one attached hydrogen (secondary N) is 2. The second-order valence-corrected chi connectivity index (χ2v) is 7.43. The van der Waals surface area contributed by atoms with E-state index in [4.69, 9.17) is 4.74 Å². The highest BCUT2D eigenvalue weighted by molar-refractivity contribution is 14.0. The van der Waals surface area contributed by atoms with Gasteiger partial charge in [-0.1, -0.05) is 0 Å². The second-order valence-electron chi connectivity index (χ2n) is 7.43. The molecule has 3 rings (SSSR count). The molecule has 2 N–H and O–H groups in total. The summed E-state index contributed by atoms with van der Waals surface area (Å²) in [6.07, 6.45) is 3.04. The van der Waals surface area contributed by atoms with Gasteiger partial charge >= 0.3 is 6.18 Å². The van der Waals surface area contributed by atoms with Crippen LogP contribution in [0.4, 0.5) is 13.2 Å². The van der Waals surface area contributed by atoms with Gasteiger partial charge in [0.2, 0.25) is 5.88 Å². The predicted octanol–water partition coefficient (Wildman–Crippen LogP) is 3.32. The van der Waals surface area contributed by atoms with E-state index >= 15 is 0 Å². The molecule has 2 heterocycles. The third-order valence-electron chi connectivity index (χ3n) is 5.09. The van der Waals surface area contributed by atoms with Crippen molar-refractivity contribution < 1.29 is 17.9 Å². The van der Waals surface area contributed by atoms with Gasteiger partial charge in [0.25, 0.3) is 0 Å². The molecule has 0 bridgehead atoms. The van der Waals surface area contributed by atoms with Gasteiger partial charge in [0.1, 0.15) is 6.10 Å². The Bertz CT molecular complexity index is 667. The molecule has 2 fully saturated rings. The van der Waals surface area contributed by atoms with Crippen LogP contribution < -0.4 is 15.4 Å². The van der Waals surface area contributed by atoms with Crippen molar-refractivity contribution in [3.8, 4) is 5.88 Å². The lowest BCUT2D eigenvalue weighted by Crippen LogP contribution is -2.44. The zero-order valence-electron chi connectivity index (χ0n) is 16.5. The first-order chi connectivity index (χ1) is 13.4. The Balaban J connectivity index is 0.00000300. The zero-order chi connectivity index (χ0) is 20.0. The molecular formula is C19H29F3IN5O. The molecule has 0 spiro atoms. The van der Waals surface area contributed by atoms with Gasteiger partial charge in [-0.3, -0.25) is 9.89 Å². The summed E-state index contributed by atoms with van der Waals surface area (Å²) in [5.41, 5.74) is 1.01. The number of likely N-dealkylation sites (tertiary alicyclic amines) is 1. The number of hydrogen-bond acceptors (Lipinski definition) is 4. The first-order valence-electron chi connectivity index (χ1n) is 9.79. The predicted molar refractivity (Wildman–Crippen MR) is 117 cm³/mol. The number of rotatable bonds is 6. The highest BCUT2D eigenvalue weighted by Gasteiger charge is 2.34. The number of pyridine rings is 1. The van der Waals surface area contributed by atoms with Crippen molar-refractivity contribution in [3.63, 3.8) is 0 Å². The van der Waals surface area contributed by atoms with Gasteiger partial charge in [-0.15, -0.1) is 24.0 Å². The van der Waals surface area contributed by atoms with E-state index in [1.54, 1.807) is 13.2 Å². The van der Waals surface area contributed by atoms with E-state index in [9.17, 15) is 13.2 Å². The number of ether oxygens (including phenoxy) is 1. The van der Waals surface area contributed by atoms with Gasteiger partial charge in [-0.25, -0.2) is 4.98 Å².